The van der Waals surface area contributed by atoms with Crippen molar-refractivity contribution in [2.75, 3.05) is 4.90 Å². The number of hydrogen-bond acceptors (Lipinski definition) is 1. The fourth-order valence-electron chi connectivity index (χ4n) is 15.7. The molecule has 1 unspecified atom stereocenters. The van der Waals surface area contributed by atoms with E-state index in [1.165, 1.54) is 133 Å². The van der Waals surface area contributed by atoms with Crippen molar-refractivity contribution >= 4 is 38.9 Å². The van der Waals surface area contributed by atoms with Crippen molar-refractivity contribution in [3.05, 3.63) is 348 Å². The van der Waals surface area contributed by atoms with Crippen LogP contribution in [0.5, 0.6) is 0 Å². The van der Waals surface area contributed by atoms with Crippen LogP contribution in [0.15, 0.2) is 303 Å². The van der Waals surface area contributed by atoms with E-state index in [0.29, 0.717) is 0 Å². The van der Waals surface area contributed by atoms with Crippen molar-refractivity contribution < 1.29 is 0 Å². The third kappa shape index (κ3) is 5.82. The monoisotopic (exact) mass is 1040 g/mol. The summed E-state index contributed by atoms with van der Waals surface area (Å²) in [6.45, 7) is 0. The van der Waals surface area contributed by atoms with Gasteiger partial charge in [0.2, 0.25) is 0 Å². The lowest BCUT2D eigenvalue weighted by molar-refractivity contribution is 0.749. The van der Waals surface area contributed by atoms with Crippen LogP contribution in [0.4, 0.5) is 17.1 Å². The van der Waals surface area contributed by atoms with E-state index in [0.717, 1.165) is 22.6 Å². The lowest BCUT2D eigenvalue weighted by Crippen LogP contribution is -2.33. The summed E-state index contributed by atoms with van der Waals surface area (Å²) in [5, 5.41) is 2.57. The molecule has 2 heterocycles. The second-order valence-electron chi connectivity index (χ2n) is 22.5. The summed E-state index contributed by atoms with van der Waals surface area (Å²) in [5.41, 5.74) is 31.4. The predicted octanol–water partition coefficient (Wildman–Crippen LogP) is 20.3. The highest BCUT2D eigenvalue weighted by molar-refractivity contribution is 6.13. The van der Waals surface area contributed by atoms with Gasteiger partial charge in [0.1, 0.15) is 0 Å². The van der Waals surface area contributed by atoms with E-state index in [-0.39, 0.29) is 0 Å². The van der Waals surface area contributed by atoms with Crippen LogP contribution in [0, 0.1) is 0 Å². The SMILES string of the molecule is c1ccc(-c2ccccc2-c2ccccc2N(c2ccc(-c3ccc4c(c3)C3(c5ccccc5-4)c4ccccc4-n4c5ccccc5c5cccc3c54)cc2)c2cccc3c2-c2ccccc2C32c3ccccc3-c3ccccc32)cc1. The molecule has 0 bridgehead atoms. The summed E-state index contributed by atoms with van der Waals surface area (Å²) in [4.78, 5) is 2.55. The van der Waals surface area contributed by atoms with Gasteiger partial charge >= 0.3 is 0 Å². The van der Waals surface area contributed by atoms with E-state index in [1.807, 2.05) is 0 Å². The summed E-state index contributed by atoms with van der Waals surface area (Å²) in [6.07, 6.45) is 0. The Morgan fingerprint density at radius 2 is 0.732 bits per heavy atom. The van der Waals surface area contributed by atoms with Crippen LogP contribution < -0.4 is 4.90 Å². The van der Waals surface area contributed by atoms with Crippen molar-refractivity contribution in [1.29, 1.82) is 0 Å². The van der Waals surface area contributed by atoms with Gasteiger partial charge in [-0.3, -0.25) is 0 Å². The Morgan fingerprint density at radius 3 is 1.45 bits per heavy atom. The second kappa shape index (κ2) is 17.0. The predicted molar refractivity (Wildman–Crippen MR) is 339 cm³/mol. The molecule has 3 aliphatic carbocycles. The van der Waals surface area contributed by atoms with E-state index in [4.69, 9.17) is 0 Å². The van der Waals surface area contributed by atoms with E-state index in [2.05, 4.69) is 313 Å². The molecule has 1 aliphatic heterocycles. The molecule has 13 aromatic carbocycles. The summed E-state index contributed by atoms with van der Waals surface area (Å²) in [5.74, 6) is 0. The standard InChI is InChI=1S/C80H50N2/c1-2-22-52(23-3-1)55-24-4-5-25-56(55)61-29-10-17-40-73(61)81(76-43-21-38-70-77(76)64-31-9-15-36-68(64)79(70)65-33-12-6-26-57(65)58-27-7-13-34-66(58)79)54-47-44-51(45-48-54)53-46-49-60-59-28-8-14-35-67(59)80(72(60)50-53)69-37-16-19-42-75(69)82-74-41-18-11-30-62(74)63-32-20-39-71(80)78(63)82/h1-50H. The quantitative estimate of drug-likeness (QED) is 0.161. The molecule has 18 rings (SSSR count). The van der Waals surface area contributed by atoms with Crippen LogP contribution in [-0.2, 0) is 10.8 Å². The van der Waals surface area contributed by atoms with Crippen LogP contribution in [-0.4, -0.2) is 4.57 Å². The molecule has 0 fully saturated rings. The molecule has 1 atom stereocenters. The number of fused-ring (bicyclic) bond motifs is 22. The smallest absolute Gasteiger partial charge is 0.0754 e. The molecule has 1 aromatic heterocycles. The summed E-state index contributed by atoms with van der Waals surface area (Å²) >= 11 is 0. The van der Waals surface area contributed by atoms with Gasteiger partial charge in [-0.05, 0) is 143 Å². The Labute approximate surface area is 476 Å². The first kappa shape index (κ1) is 45.3. The minimum absolute atomic E-state index is 0.490. The number of para-hydroxylation sites is 4. The average Bonchev–Trinajstić information content (AvgIpc) is 1.60. The average molecular weight is 1040 g/mol. The first-order valence-corrected chi connectivity index (χ1v) is 28.7. The largest absolute Gasteiger partial charge is 0.309 e. The topological polar surface area (TPSA) is 8.17 Å². The van der Waals surface area contributed by atoms with Gasteiger partial charge in [-0.15, -0.1) is 0 Å². The maximum atomic E-state index is 2.55. The maximum absolute atomic E-state index is 2.55. The Hall–Kier alpha value is -10.5. The van der Waals surface area contributed by atoms with E-state index >= 15 is 0 Å². The van der Waals surface area contributed by atoms with Gasteiger partial charge in [0.05, 0.1) is 38.9 Å². The Kier molecular flexibility index (Phi) is 9.39. The Morgan fingerprint density at radius 1 is 0.256 bits per heavy atom. The Bertz CT molecular complexity index is 4960. The van der Waals surface area contributed by atoms with Gasteiger partial charge in [-0.25, -0.2) is 0 Å². The molecule has 2 spiro atoms. The minimum atomic E-state index is -0.541. The lowest BCUT2D eigenvalue weighted by atomic mass is 9.65. The number of benzene rings is 13. The number of nitrogens with zero attached hydrogens (tertiary/aromatic N) is 2. The number of hydrogen-bond donors (Lipinski definition) is 0. The molecule has 0 saturated heterocycles. The van der Waals surface area contributed by atoms with Crippen LogP contribution in [0.2, 0.25) is 0 Å². The van der Waals surface area contributed by atoms with Crippen molar-refractivity contribution in [1.82, 2.24) is 4.57 Å². The molecule has 0 N–H and O–H groups in total. The molecule has 4 aliphatic rings. The molecule has 0 radical (unpaired) electrons. The lowest BCUT2D eigenvalue weighted by Gasteiger charge is -2.39. The van der Waals surface area contributed by atoms with Gasteiger partial charge in [-0.2, -0.15) is 0 Å². The molecule has 0 amide bonds. The van der Waals surface area contributed by atoms with Crippen molar-refractivity contribution in [2.45, 2.75) is 10.8 Å². The van der Waals surface area contributed by atoms with E-state index in [9.17, 15) is 0 Å². The summed E-state index contributed by atoms with van der Waals surface area (Å²) in [7, 11) is 0. The molecule has 2 heteroatoms. The highest BCUT2D eigenvalue weighted by Crippen LogP contribution is 2.66. The first-order valence-electron chi connectivity index (χ1n) is 28.7. The third-order valence-corrected chi connectivity index (χ3v) is 18.8. The Balaban J connectivity index is 0.855. The van der Waals surface area contributed by atoms with Crippen molar-refractivity contribution in [3.8, 4) is 72.4 Å². The normalized spacial score (nSPS) is 15.0. The van der Waals surface area contributed by atoms with Gasteiger partial charge in [0, 0.05) is 27.6 Å². The van der Waals surface area contributed by atoms with Crippen LogP contribution in [0.25, 0.3) is 94.3 Å². The zero-order chi connectivity index (χ0) is 53.7. The zero-order valence-corrected chi connectivity index (χ0v) is 44.8. The van der Waals surface area contributed by atoms with E-state index in [1.54, 1.807) is 0 Å². The van der Waals surface area contributed by atoms with Crippen molar-refractivity contribution in [2.24, 2.45) is 0 Å². The second-order valence-corrected chi connectivity index (χ2v) is 22.5. The fourth-order valence-corrected chi connectivity index (χ4v) is 15.7. The summed E-state index contributed by atoms with van der Waals surface area (Å²) in [6, 6.07) is 114. The highest BCUT2D eigenvalue weighted by atomic mass is 15.1. The molecule has 14 aromatic rings. The first-order chi connectivity index (χ1) is 40.7. The number of aromatic nitrogens is 1. The van der Waals surface area contributed by atoms with Gasteiger partial charge in [-0.1, -0.05) is 261 Å². The number of rotatable bonds is 6. The van der Waals surface area contributed by atoms with Crippen LogP contribution >= 0.6 is 0 Å². The molecule has 82 heavy (non-hydrogen) atoms. The maximum Gasteiger partial charge on any atom is 0.0754 e. The van der Waals surface area contributed by atoms with Crippen LogP contribution in [0.3, 0.4) is 0 Å². The van der Waals surface area contributed by atoms with Gasteiger partial charge < -0.3 is 9.47 Å². The highest BCUT2D eigenvalue weighted by Gasteiger charge is 2.53. The van der Waals surface area contributed by atoms with Crippen molar-refractivity contribution in [3.63, 3.8) is 0 Å². The molecule has 2 nitrogen and oxygen atoms in total. The molecule has 0 saturated carbocycles. The molecular weight excluding hydrogens is 989 g/mol. The third-order valence-electron chi connectivity index (χ3n) is 18.8. The molecule has 380 valence electrons. The molecular formula is C80H50N2. The van der Waals surface area contributed by atoms with E-state index < -0.39 is 10.8 Å². The van der Waals surface area contributed by atoms with Gasteiger partial charge in [0.15, 0.2) is 0 Å². The fraction of sp³-hybridized carbons (Fsp3) is 0.0250. The van der Waals surface area contributed by atoms with Crippen LogP contribution in [0.1, 0.15) is 44.5 Å². The summed E-state index contributed by atoms with van der Waals surface area (Å²) < 4.78 is 2.53. The van der Waals surface area contributed by atoms with Gasteiger partial charge in [0.25, 0.3) is 0 Å². The number of anilines is 3. The zero-order valence-electron chi connectivity index (χ0n) is 44.8. The minimum Gasteiger partial charge on any atom is -0.309 e.